The molecule has 1 aliphatic rings. The van der Waals surface area contributed by atoms with Gasteiger partial charge in [-0.05, 0) is 31.9 Å². The molecule has 1 aliphatic heterocycles. The predicted octanol–water partition coefficient (Wildman–Crippen LogP) is 3.12. The SMILES string of the molecule is CCNC(=NCc1cccc(OC)c1O)NC1CC(C)N(Cc2ccccc2)C1. The number of hydrogen-bond acceptors (Lipinski definition) is 4. The van der Waals surface area contributed by atoms with Gasteiger partial charge in [0.15, 0.2) is 17.5 Å². The van der Waals surface area contributed by atoms with Gasteiger partial charge in [0.2, 0.25) is 0 Å². The van der Waals surface area contributed by atoms with Crippen molar-refractivity contribution >= 4 is 5.96 Å². The fraction of sp³-hybridized carbons (Fsp3) is 0.435. The van der Waals surface area contributed by atoms with Gasteiger partial charge in [-0.15, -0.1) is 0 Å². The summed E-state index contributed by atoms with van der Waals surface area (Å²) >= 11 is 0. The molecule has 2 aromatic rings. The quantitative estimate of drug-likeness (QED) is 0.496. The number of nitrogens with one attached hydrogen (secondary N) is 2. The minimum absolute atomic E-state index is 0.151. The molecule has 0 spiro atoms. The monoisotopic (exact) mass is 396 g/mol. The van der Waals surface area contributed by atoms with Gasteiger partial charge in [-0.3, -0.25) is 4.90 Å². The zero-order valence-electron chi connectivity index (χ0n) is 17.6. The maximum absolute atomic E-state index is 10.3. The molecule has 2 atom stereocenters. The van der Waals surface area contributed by atoms with E-state index in [9.17, 15) is 5.11 Å². The number of guanidine groups is 1. The van der Waals surface area contributed by atoms with Gasteiger partial charge < -0.3 is 20.5 Å². The van der Waals surface area contributed by atoms with E-state index in [2.05, 4.69) is 64.7 Å². The first-order chi connectivity index (χ1) is 14.1. The lowest BCUT2D eigenvalue weighted by molar-refractivity contribution is 0.258. The molecule has 1 fully saturated rings. The Hall–Kier alpha value is -2.73. The Bertz CT molecular complexity index is 810. The summed E-state index contributed by atoms with van der Waals surface area (Å²) < 4.78 is 5.18. The van der Waals surface area contributed by atoms with Gasteiger partial charge in [-0.2, -0.15) is 0 Å². The lowest BCUT2D eigenvalue weighted by Crippen LogP contribution is -2.44. The van der Waals surface area contributed by atoms with Crippen LogP contribution in [-0.4, -0.2) is 48.2 Å². The second kappa shape index (κ2) is 10.2. The number of phenolic OH excluding ortho intramolecular Hbond substituents is 1. The average Bonchev–Trinajstić information content (AvgIpc) is 3.06. The first kappa shape index (κ1) is 21.0. The van der Waals surface area contributed by atoms with Gasteiger partial charge in [-0.25, -0.2) is 4.99 Å². The van der Waals surface area contributed by atoms with Crippen LogP contribution in [0.15, 0.2) is 53.5 Å². The minimum Gasteiger partial charge on any atom is -0.504 e. The van der Waals surface area contributed by atoms with E-state index < -0.39 is 0 Å². The molecule has 3 rings (SSSR count). The van der Waals surface area contributed by atoms with Crippen LogP contribution < -0.4 is 15.4 Å². The number of likely N-dealkylation sites (tertiary alicyclic amines) is 1. The number of aliphatic imine (C=N–C) groups is 1. The van der Waals surface area contributed by atoms with E-state index in [1.54, 1.807) is 13.2 Å². The van der Waals surface area contributed by atoms with Crippen molar-refractivity contribution < 1.29 is 9.84 Å². The Labute approximate surface area is 173 Å². The van der Waals surface area contributed by atoms with Crippen LogP contribution >= 0.6 is 0 Å². The van der Waals surface area contributed by atoms with Crippen molar-refractivity contribution in [3.05, 3.63) is 59.7 Å². The lowest BCUT2D eigenvalue weighted by atomic mass is 10.2. The second-order valence-corrected chi connectivity index (χ2v) is 7.50. The van der Waals surface area contributed by atoms with E-state index in [4.69, 9.17) is 4.74 Å². The van der Waals surface area contributed by atoms with E-state index in [-0.39, 0.29) is 5.75 Å². The van der Waals surface area contributed by atoms with E-state index in [1.165, 1.54) is 5.56 Å². The number of phenols is 1. The Morgan fingerprint density at radius 2 is 2.00 bits per heavy atom. The molecule has 0 amide bonds. The third-order valence-corrected chi connectivity index (χ3v) is 5.33. The van der Waals surface area contributed by atoms with Crippen molar-refractivity contribution in [1.29, 1.82) is 0 Å². The molecular weight excluding hydrogens is 364 g/mol. The van der Waals surface area contributed by atoms with Crippen LogP contribution in [0.25, 0.3) is 0 Å². The molecule has 2 unspecified atom stereocenters. The number of benzene rings is 2. The molecule has 2 aromatic carbocycles. The summed E-state index contributed by atoms with van der Waals surface area (Å²) in [5.74, 6) is 1.39. The van der Waals surface area contributed by atoms with Gasteiger partial charge in [0.05, 0.1) is 13.7 Å². The van der Waals surface area contributed by atoms with Crippen molar-refractivity contribution in [3.8, 4) is 11.5 Å². The number of methoxy groups -OCH3 is 1. The van der Waals surface area contributed by atoms with Crippen LogP contribution in [0.1, 0.15) is 31.4 Å². The van der Waals surface area contributed by atoms with E-state index in [1.807, 2.05) is 12.1 Å². The smallest absolute Gasteiger partial charge is 0.191 e. The molecule has 1 heterocycles. The largest absolute Gasteiger partial charge is 0.504 e. The van der Waals surface area contributed by atoms with E-state index >= 15 is 0 Å². The van der Waals surface area contributed by atoms with Crippen LogP contribution in [-0.2, 0) is 13.1 Å². The molecule has 0 bridgehead atoms. The molecule has 0 saturated carbocycles. The highest BCUT2D eigenvalue weighted by Gasteiger charge is 2.29. The van der Waals surface area contributed by atoms with Gasteiger partial charge in [-0.1, -0.05) is 42.5 Å². The Kier molecular flexibility index (Phi) is 7.36. The van der Waals surface area contributed by atoms with Crippen LogP contribution in [0.2, 0.25) is 0 Å². The highest BCUT2D eigenvalue weighted by Crippen LogP contribution is 2.29. The van der Waals surface area contributed by atoms with Crippen LogP contribution in [0.5, 0.6) is 11.5 Å². The topological polar surface area (TPSA) is 69.1 Å². The maximum Gasteiger partial charge on any atom is 0.191 e. The zero-order valence-corrected chi connectivity index (χ0v) is 17.6. The Morgan fingerprint density at radius 3 is 2.72 bits per heavy atom. The molecular formula is C23H32N4O2. The molecule has 6 nitrogen and oxygen atoms in total. The summed E-state index contributed by atoms with van der Waals surface area (Å²) in [5, 5.41) is 17.2. The molecule has 6 heteroatoms. The first-order valence-electron chi connectivity index (χ1n) is 10.3. The highest BCUT2D eigenvalue weighted by atomic mass is 16.5. The van der Waals surface area contributed by atoms with Crippen molar-refractivity contribution in [3.63, 3.8) is 0 Å². The van der Waals surface area contributed by atoms with Gasteiger partial charge >= 0.3 is 0 Å². The zero-order chi connectivity index (χ0) is 20.6. The van der Waals surface area contributed by atoms with E-state index in [0.29, 0.717) is 24.4 Å². The molecule has 0 aromatic heterocycles. The van der Waals surface area contributed by atoms with Crippen molar-refractivity contribution in [2.45, 2.75) is 45.4 Å². The van der Waals surface area contributed by atoms with Gasteiger partial charge in [0.25, 0.3) is 0 Å². The van der Waals surface area contributed by atoms with Gasteiger partial charge in [0.1, 0.15) is 0 Å². The average molecular weight is 397 g/mol. The van der Waals surface area contributed by atoms with E-state index in [0.717, 1.165) is 37.6 Å². The molecule has 29 heavy (non-hydrogen) atoms. The number of para-hydroxylation sites is 1. The van der Waals surface area contributed by atoms with Crippen LogP contribution in [0.4, 0.5) is 0 Å². The number of ether oxygens (including phenoxy) is 1. The number of nitrogens with zero attached hydrogens (tertiary/aromatic N) is 2. The standard InChI is InChI=1S/C23H32N4O2/c1-4-24-23(25-14-19-11-8-12-21(29-3)22(19)28)26-20-13-17(2)27(16-20)15-18-9-6-5-7-10-18/h5-12,17,20,28H,4,13-16H2,1-3H3,(H2,24,25,26). The summed E-state index contributed by atoms with van der Waals surface area (Å²) in [6.45, 7) is 7.44. The summed E-state index contributed by atoms with van der Waals surface area (Å²) in [6, 6.07) is 16.9. The van der Waals surface area contributed by atoms with Crippen LogP contribution in [0, 0.1) is 0 Å². The summed E-state index contributed by atoms with van der Waals surface area (Å²) in [7, 11) is 1.55. The number of aromatic hydroxyl groups is 1. The molecule has 3 N–H and O–H groups in total. The third kappa shape index (κ3) is 5.64. The number of hydrogen-bond donors (Lipinski definition) is 3. The summed E-state index contributed by atoms with van der Waals surface area (Å²) in [6.07, 6.45) is 1.07. The highest BCUT2D eigenvalue weighted by molar-refractivity contribution is 5.80. The molecule has 0 aliphatic carbocycles. The molecule has 156 valence electrons. The second-order valence-electron chi connectivity index (χ2n) is 7.50. The fourth-order valence-electron chi connectivity index (χ4n) is 3.78. The Morgan fingerprint density at radius 1 is 1.21 bits per heavy atom. The first-order valence-corrected chi connectivity index (χ1v) is 10.3. The van der Waals surface area contributed by atoms with Crippen LogP contribution in [0.3, 0.4) is 0 Å². The van der Waals surface area contributed by atoms with Crippen molar-refractivity contribution in [2.24, 2.45) is 4.99 Å². The van der Waals surface area contributed by atoms with Gasteiger partial charge in [0, 0.05) is 37.3 Å². The maximum atomic E-state index is 10.3. The van der Waals surface area contributed by atoms with Crippen molar-refractivity contribution in [2.75, 3.05) is 20.2 Å². The summed E-state index contributed by atoms with van der Waals surface area (Å²) in [5.41, 5.74) is 2.08. The number of rotatable bonds is 7. The normalized spacial score (nSPS) is 19.9. The Balaban J connectivity index is 1.62. The minimum atomic E-state index is 0.151. The summed E-state index contributed by atoms with van der Waals surface area (Å²) in [4.78, 5) is 7.18. The fourth-order valence-corrected chi connectivity index (χ4v) is 3.78. The van der Waals surface area contributed by atoms with Crippen molar-refractivity contribution in [1.82, 2.24) is 15.5 Å². The predicted molar refractivity (Wildman–Crippen MR) is 117 cm³/mol. The third-order valence-electron chi connectivity index (χ3n) is 5.33. The molecule has 0 radical (unpaired) electrons. The molecule has 1 saturated heterocycles. The lowest BCUT2D eigenvalue weighted by Gasteiger charge is -2.21.